The van der Waals surface area contributed by atoms with E-state index in [0.717, 1.165) is 65.6 Å². The quantitative estimate of drug-likeness (QED) is 0.479. The van der Waals surface area contributed by atoms with Crippen LogP contribution in [0.4, 0.5) is 5.69 Å². The second-order valence-electron chi connectivity index (χ2n) is 8.47. The monoisotopic (exact) mass is 417 g/mol. The number of ether oxygens (including phenoxy) is 2. The lowest BCUT2D eigenvalue weighted by atomic mass is 9.78. The average molecular weight is 418 g/mol. The molecule has 1 atom stereocenters. The molecule has 0 spiro atoms. The fraction of sp³-hybridized carbons (Fsp3) is 0.370. The number of methoxy groups -OCH3 is 1. The SMILES string of the molecule is CCC(C)Oc1ccc(NC(=O)C2(c3ccc(OC)cc3)CCCC2)c2ccccc12. The van der Waals surface area contributed by atoms with Gasteiger partial charge in [-0.15, -0.1) is 0 Å². The lowest BCUT2D eigenvalue weighted by Gasteiger charge is -2.29. The van der Waals surface area contributed by atoms with Crippen LogP contribution in [0.3, 0.4) is 0 Å². The number of fused-ring (bicyclic) bond motifs is 1. The van der Waals surface area contributed by atoms with Gasteiger partial charge in [0.2, 0.25) is 5.91 Å². The Morgan fingerprint density at radius 1 is 1.00 bits per heavy atom. The van der Waals surface area contributed by atoms with E-state index in [9.17, 15) is 4.79 Å². The van der Waals surface area contributed by atoms with Gasteiger partial charge in [0.15, 0.2) is 0 Å². The maximum atomic E-state index is 13.7. The van der Waals surface area contributed by atoms with Gasteiger partial charge in [-0.1, -0.05) is 56.2 Å². The first-order chi connectivity index (χ1) is 15.1. The molecule has 1 aliphatic rings. The molecule has 0 heterocycles. The summed E-state index contributed by atoms with van der Waals surface area (Å²) in [5, 5.41) is 5.28. The maximum absolute atomic E-state index is 13.7. The summed E-state index contributed by atoms with van der Waals surface area (Å²) in [5.74, 6) is 1.73. The summed E-state index contributed by atoms with van der Waals surface area (Å²) in [6, 6.07) is 20.0. The van der Waals surface area contributed by atoms with Crippen molar-refractivity contribution in [2.75, 3.05) is 12.4 Å². The summed E-state index contributed by atoms with van der Waals surface area (Å²) < 4.78 is 11.4. The zero-order chi connectivity index (χ0) is 21.8. The minimum absolute atomic E-state index is 0.0657. The Balaban J connectivity index is 1.67. The number of carbonyl (C=O) groups excluding carboxylic acids is 1. The number of benzene rings is 3. The van der Waals surface area contributed by atoms with E-state index in [0.29, 0.717) is 0 Å². The van der Waals surface area contributed by atoms with Gasteiger partial charge >= 0.3 is 0 Å². The van der Waals surface area contributed by atoms with Crippen LogP contribution in [-0.4, -0.2) is 19.1 Å². The third-order valence-corrected chi connectivity index (χ3v) is 6.57. The van der Waals surface area contributed by atoms with E-state index >= 15 is 0 Å². The molecule has 1 N–H and O–H groups in total. The molecular weight excluding hydrogens is 386 g/mol. The molecule has 3 aromatic rings. The van der Waals surface area contributed by atoms with E-state index in [1.807, 2.05) is 54.6 Å². The largest absolute Gasteiger partial charge is 0.497 e. The molecular formula is C27H31NO3. The Hall–Kier alpha value is -3.01. The Kier molecular flexibility index (Phi) is 6.17. The fourth-order valence-corrected chi connectivity index (χ4v) is 4.56. The highest BCUT2D eigenvalue weighted by Gasteiger charge is 2.42. The van der Waals surface area contributed by atoms with E-state index in [2.05, 4.69) is 25.2 Å². The minimum atomic E-state index is -0.501. The van der Waals surface area contributed by atoms with Crippen LogP contribution < -0.4 is 14.8 Å². The third-order valence-electron chi connectivity index (χ3n) is 6.57. The molecule has 1 saturated carbocycles. The van der Waals surface area contributed by atoms with E-state index in [4.69, 9.17) is 9.47 Å². The van der Waals surface area contributed by atoms with Crippen LogP contribution in [0.1, 0.15) is 51.5 Å². The maximum Gasteiger partial charge on any atom is 0.235 e. The number of hydrogen-bond acceptors (Lipinski definition) is 3. The van der Waals surface area contributed by atoms with Crippen molar-refractivity contribution in [1.29, 1.82) is 0 Å². The number of hydrogen-bond donors (Lipinski definition) is 1. The molecule has 0 aromatic heterocycles. The number of nitrogens with one attached hydrogen (secondary N) is 1. The van der Waals surface area contributed by atoms with Crippen LogP contribution in [0.15, 0.2) is 60.7 Å². The zero-order valence-electron chi connectivity index (χ0n) is 18.6. The van der Waals surface area contributed by atoms with Crippen molar-refractivity contribution in [3.63, 3.8) is 0 Å². The van der Waals surface area contributed by atoms with Crippen molar-refractivity contribution in [3.05, 3.63) is 66.2 Å². The van der Waals surface area contributed by atoms with E-state index in [1.165, 1.54) is 0 Å². The zero-order valence-corrected chi connectivity index (χ0v) is 18.6. The van der Waals surface area contributed by atoms with Crippen molar-refractivity contribution in [3.8, 4) is 11.5 Å². The topological polar surface area (TPSA) is 47.6 Å². The molecule has 4 heteroatoms. The first-order valence-corrected chi connectivity index (χ1v) is 11.2. The Bertz CT molecular complexity index is 1050. The van der Waals surface area contributed by atoms with Crippen molar-refractivity contribution >= 4 is 22.4 Å². The number of amides is 1. The predicted molar refractivity (Wildman–Crippen MR) is 126 cm³/mol. The molecule has 3 aromatic carbocycles. The predicted octanol–water partition coefficient (Wildman–Crippen LogP) is 6.48. The summed E-state index contributed by atoms with van der Waals surface area (Å²) in [6.07, 6.45) is 4.91. The molecule has 162 valence electrons. The molecule has 0 bridgehead atoms. The van der Waals surface area contributed by atoms with Crippen molar-refractivity contribution in [2.45, 2.75) is 57.5 Å². The molecule has 0 saturated heterocycles. The van der Waals surface area contributed by atoms with Crippen LogP contribution in [0, 0.1) is 0 Å². The Labute approximate surface area is 184 Å². The van der Waals surface area contributed by atoms with Gasteiger partial charge in [-0.05, 0) is 56.0 Å². The van der Waals surface area contributed by atoms with E-state index < -0.39 is 5.41 Å². The summed E-state index contributed by atoms with van der Waals surface area (Å²) in [7, 11) is 1.66. The van der Waals surface area contributed by atoms with Crippen LogP contribution in [-0.2, 0) is 10.2 Å². The lowest BCUT2D eigenvalue weighted by Crippen LogP contribution is -2.38. The molecule has 1 unspecified atom stereocenters. The molecule has 4 rings (SSSR count). The van der Waals surface area contributed by atoms with Crippen LogP contribution in [0.2, 0.25) is 0 Å². The van der Waals surface area contributed by atoms with E-state index in [-0.39, 0.29) is 12.0 Å². The fourth-order valence-electron chi connectivity index (χ4n) is 4.56. The second kappa shape index (κ2) is 9.01. The number of carbonyl (C=O) groups is 1. The molecule has 0 aliphatic heterocycles. The van der Waals surface area contributed by atoms with Crippen LogP contribution >= 0.6 is 0 Å². The summed E-state index contributed by atoms with van der Waals surface area (Å²) in [5.41, 5.74) is 1.39. The standard InChI is InChI=1S/C27H31NO3/c1-4-19(2)31-25-16-15-24(22-9-5-6-10-23(22)25)28-26(29)27(17-7-8-18-27)20-11-13-21(30-3)14-12-20/h5-6,9-16,19H,4,7-8,17-18H2,1-3H3,(H,28,29). The van der Waals surface area contributed by atoms with Gasteiger partial charge in [-0.25, -0.2) is 0 Å². The van der Waals surface area contributed by atoms with Crippen molar-refractivity contribution in [2.24, 2.45) is 0 Å². The van der Waals surface area contributed by atoms with Crippen molar-refractivity contribution < 1.29 is 14.3 Å². The van der Waals surface area contributed by atoms with Gasteiger partial charge in [0.1, 0.15) is 11.5 Å². The molecule has 0 radical (unpaired) electrons. The molecule has 1 amide bonds. The summed E-state index contributed by atoms with van der Waals surface area (Å²) in [4.78, 5) is 13.7. The van der Waals surface area contributed by atoms with Gasteiger partial charge in [0.25, 0.3) is 0 Å². The smallest absolute Gasteiger partial charge is 0.235 e. The number of anilines is 1. The molecule has 1 aliphatic carbocycles. The van der Waals surface area contributed by atoms with Gasteiger partial charge < -0.3 is 14.8 Å². The van der Waals surface area contributed by atoms with Crippen LogP contribution in [0.5, 0.6) is 11.5 Å². The minimum Gasteiger partial charge on any atom is -0.497 e. The lowest BCUT2D eigenvalue weighted by molar-refractivity contribution is -0.121. The molecule has 31 heavy (non-hydrogen) atoms. The number of rotatable bonds is 7. The summed E-state index contributed by atoms with van der Waals surface area (Å²) >= 11 is 0. The third kappa shape index (κ3) is 4.12. The highest BCUT2D eigenvalue weighted by Crippen LogP contribution is 2.43. The Morgan fingerprint density at radius 3 is 2.32 bits per heavy atom. The Morgan fingerprint density at radius 2 is 1.68 bits per heavy atom. The van der Waals surface area contributed by atoms with Gasteiger partial charge in [0, 0.05) is 16.5 Å². The first-order valence-electron chi connectivity index (χ1n) is 11.2. The molecule has 1 fully saturated rings. The van der Waals surface area contributed by atoms with E-state index in [1.54, 1.807) is 7.11 Å². The molecule has 4 nitrogen and oxygen atoms in total. The van der Waals surface area contributed by atoms with Gasteiger partial charge in [0.05, 0.1) is 18.6 Å². The highest BCUT2D eigenvalue weighted by molar-refractivity contribution is 6.07. The first kappa shape index (κ1) is 21.2. The summed E-state index contributed by atoms with van der Waals surface area (Å²) in [6.45, 7) is 4.19. The average Bonchev–Trinajstić information content (AvgIpc) is 3.32. The second-order valence-corrected chi connectivity index (χ2v) is 8.47. The van der Waals surface area contributed by atoms with Crippen LogP contribution in [0.25, 0.3) is 10.8 Å². The van der Waals surface area contributed by atoms with Crippen molar-refractivity contribution in [1.82, 2.24) is 0 Å². The van der Waals surface area contributed by atoms with Gasteiger partial charge in [-0.3, -0.25) is 4.79 Å². The highest BCUT2D eigenvalue weighted by atomic mass is 16.5. The normalized spacial score (nSPS) is 16.1. The van der Waals surface area contributed by atoms with Gasteiger partial charge in [-0.2, -0.15) is 0 Å².